The minimum Gasteiger partial charge on any atom is -0.349 e. The molecule has 1 heterocycles. The van der Waals surface area contributed by atoms with E-state index in [0.717, 1.165) is 5.92 Å². The molecule has 2 unspecified atom stereocenters. The van der Waals surface area contributed by atoms with Gasteiger partial charge in [0, 0.05) is 5.92 Å². The maximum absolute atomic E-state index is 6.16. The second kappa shape index (κ2) is 5.50. The van der Waals surface area contributed by atoms with Gasteiger partial charge in [-0.1, -0.05) is 33.1 Å². The third-order valence-electron chi connectivity index (χ3n) is 4.28. The highest BCUT2D eigenvalue weighted by atomic mass is 16.7. The van der Waals surface area contributed by atoms with Gasteiger partial charge in [-0.05, 0) is 32.1 Å². The van der Waals surface area contributed by atoms with E-state index in [1.165, 1.54) is 38.5 Å². The molecule has 0 aromatic rings. The molecule has 2 fully saturated rings. The van der Waals surface area contributed by atoms with Gasteiger partial charge in [0.15, 0.2) is 6.29 Å². The van der Waals surface area contributed by atoms with Crippen LogP contribution in [0.2, 0.25) is 0 Å². The minimum atomic E-state index is 0.0434. The zero-order valence-corrected chi connectivity index (χ0v) is 10.9. The fourth-order valence-corrected chi connectivity index (χ4v) is 2.96. The standard InChI is InChI=1S/C14H26O2/c1-10-9-11(2)15-14(12(10)3)16-13-7-5-4-6-8-13/h10-14H,4-9H2,1-3H3/t10?,11?,12-,14+/m1/s1. The molecule has 4 atom stereocenters. The summed E-state index contributed by atoms with van der Waals surface area (Å²) in [5.41, 5.74) is 0. The maximum atomic E-state index is 6.16. The van der Waals surface area contributed by atoms with Crippen LogP contribution in [0, 0.1) is 11.8 Å². The predicted molar refractivity (Wildman–Crippen MR) is 65.2 cm³/mol. The van der Waals surface area contributed by atoms with E-state index < -0.39 is 0 Å². The van der Waals surface area contributed by atoms with Gasteiger partial charge in [-0.15, -0.1) is 0 Å². The van der Waals surface area contributed by atoms with Gasteiger partial charge in [0.25, 0.3) is 0 Å². The summed E-state index contributed by atoms with van der Waals surface area (Å²) in [6.45, 7) is 6.75. The molecule has 1 saturated heterocycles. The van der Waals surface area contributed by atoms with Crippen LogP contribution in [0.3, 0.4) is 0 Å². The van der Waals surface area contributed by atoms with Crippen molar-refractivity contribution >= 4 is 0 Å². The van der Waals surface area contributed by atoms with Gasteiger partial charge in [-0.3, -0.25) is 0 Å². The summed E-state index contributed by atoms with van der Waals surface area (Å²) < 4.78 is 12.1. The lowest BCUT2D eigenvalue weighted by atomic mass is 9.87. The summed E-state index contributed by atoms with van der Waals surface area (Å²) in [5, 5.41) is 0. The fraction of sp³-hybridized carbons (Fsp3) is 1.00. The molecule has 1 aliphatic heterocycles. The van der Waals surface area contributed by atoms with E-state index in [1.807, 2.05) is 0 Å². The number of ether oxygens (including phenoxy) is 2. The predicted octanol–water partition coefficient (Wildman–Crippen LogP) is 3.74. The summed E-state index contributed by atoms with van der Waals surface area (Å²) in [7, 11) is 0. The average Bonchev–Trinajstić information content (AvgIpc) is 2.27. The monoisotopic (exact) mass is 226 g/mol. The van der Waals surface area contributed by atoms with Gasteiger partial charge in [-0.25, -0.2) is 0 Å². The van der Waals surface area contributed by atoms with Crippen molar-refractivity contribution in [3.63, 3.8) is 0 Å². The van der Waals surface area contributed by atoms with Crippen LogP contribution in [0.25, 0.3) is 0 Å². The van der Waals surface area contributed by atoms with Crippen LogP contribution < -0.4 is 0 Å². The van der Waals surface area contributed by atoms with Gasteiger partial charge in [0.2, 0.25) is 0 Å². The van der Waals surface area contributed by atoms with Crippen molar-refractivity contribution in [3.05, 3.63) is 0 Å². The van der Waals surface area contributed by atoms with E-state index in [2.05, 4.69) is 20.8 Å². The zero-order valence-electron chi connectivity index (χ0n) is 10.9. The smallest absolute Gasteiger partial charge is 0.161 e. The highest BCUT2D eigenvalue weighted by molar-refractivity contribution is 4.76. The lowest BCUT2D eigenvalue weighted by Gasteiger charge is -2.39. The first-order chi connectivity index (χ1) is 7.66. The second-order valence-corrected chi connectivity index (χ2v) is 5.78. The Bertz CT molecular complexity index is 211. The average molecular weight is 226 g/mol. The van der Waals surface area contributed by atoms with Crippen molar-refractivity contribution in [2.24, 2.45) is 11.8 Å². The summed E-state index contributed by atoms with van der Waals surface area (Å²) >= 11 is 0. The Labute approximate surface area is 99.7 Å². The molecule has 0 radical (unpaired) electrons. The van der Waals surface area contributed by atoms with Crippen LogP contribution in [0.1, 0.15) is 59.3 Å². The van der Waals surface area contributed by atoms with Crippen molar-refractivity contribution < 1.29 is 9.47 Å². The zero-order chi connectivity index (χ0) is 11.5. The van der Waals surface area contributed by atoms with Crippen molar-refractivity contribution in [3.8, 4) is 0 Å². The molecule has 2 rings (SSSR count). The largest absolute Gasteiger partial charge is 0.349 e. The van der Waals surface area contributed by atoms with E-state index in [1.54, 1.807) is 0 Å². The van der Waals surface area contributed by atoms with Crippen molar-refractivity contribution in [2.45, 2.75) is 77.8 Å². The molecular formula is C14H26O2. The van der Waals surface area contributed by atoms with Crippen molar-refractivity contribution in [1.82, 2.24) is 0 Å². The lowest BCUT2D eigenvalue weighted by molar-refractivity contribution is -0.248. The molecule has 1 saturated carbocycles. The summed E-state index contributed by atoms with van der Waals surface area (Å²) in [4.78, 5) is 0. The van der Waals surface area contributed by atoms with Crippen molar-refractivity contribution in [2.75, 3.05) is 0 Å². The maximum Gasteiger partial charge on any atom is 0.161 e. The first-order valence-electron chi connectivity index (χ1n) is 6.97. The van der Waals surface area contributed by atoms with Gasteiger partial charge in [-0.2, -0.15) is 0 Å². The molecule has 94 valence electrons. The Morgan fingerprint density at radius 1 is 1.00 bits per heavy atom. The van der Waals surface area contributed by atoms with Gasteiger partial charge < -0.3 is 9.47 Å². The molecular weight excluding hydrogens is 200 g/mol. The molecule has 0 bridgehead atoms. The number of hydrogen-bond donors (Lipinski definition) is 0. The van der Waals surface area contributed by atoms with E-state index in [0.29, 0.717) is 18.1 Å². The highest BCUT2D eigenvalue weighted by Gasteiger charge is 2.34. The quantitative estimate of drug-likeness (QED) is 0.714. The van der Waals surface area contributed by atoms with Gasteiger partial charge in [0.05, 0.1) is 12.2 Å². The first kappa shape index (κ1) is 12.4. The van der Waals surface area contributed by atoms with Crippen LogP contribution in [0.15, 0.2) is 0 Å². The molecule has 0 N–H and O–H groups in total. The van der Waals surface area contributed by atoms with Gasteiger partial charge >= 0.3 is 0 Å². The Hall–Kier alpha value is -0.0800. The van der Waals surface area contributed by atoms with E-state index >= 15 is 0 Å². The fourth-order valence-electron chi connectivity index (χ4n) is 2.96. The first-order valence-corrected chi connectivity index (χ1v) is 6.97. The molecule has 2 heteroatoms. The van der Waals surface area contributed by atoms with Gasteiger partial charge in [0.1, 0.15) is 0 Å². The third kappa shape index (κ3) is 2.98. The SMILES string of the molecule is CC1CC(C)[C@@H](C)[C@H](OC2CCCCC2)O1. The second-order valence-electron chi connectivity index (χ2n) is 5.78. The Kier molecular flexibility index (Phi) is 4.26. The van der Waals surface area contributed by atoms with E-state index in [-0.39, 0.29) is 6.29 Å². The molecule has 0 aromatic heterocycles. The minimum absolute atomic E-state index is 0.0434. The molecule has 2 aliphatic rings. The van der Waals surface area contributed by atoms with Crippen LogP contribution in [0.4, 0.5) is 0 Å². The Balaban J connectivity index is 1.86. The molecule has 0 aromatic carbocycles. The third-order valence-corrected chi connectivity index (χ3v) is 4.28. The van der Waals surface area contributed by atoms with E-state index in [4.69, 9.17) is 9.47 Å². The summed E-state index contributed by atoms with van der Waals surface area (Å²) in [6.07, 6.45) is 8.54. The highest BCUT2D eigenvalue weighted by Crippen LogP contribution is 2.33. The van der Waals surface area contributed by atoms with Crippen LogP contribution >= 0.6 is 0 Å². The molecule has 0 spiro atoms. The molecule has 2 nitrogen and oxygen atoms in total. The number of rotatable bonds is 2. The summed E-state index contributed by atoms with van der Waals surface area (Å²) in [5.74, 6) is 1.26. The lowest BCUT2D eigenvalue weighted by Crippen LogP contribution is -2.41. The van der Waals surface area contributed by atoms with Crippen molar-refractivity contribution in [1.29, 1.82) is 0 Å². The molecule has 16 heavy (non-hydrogen) atoms. The topological polar surface area (TPSA) is 18.5 Å². The van der Waals surface area contributed by atoms with Crippen LogP contribution in [-0.4, -0.2) is 18.5 Å². The molecule has 0 amide bonds. The van der Waals surface area contributed by atoms with Crippen LogP contribution in [-0.2, 0) is 9.47 Å². The Morgan fingerprint density at radius 3 is 2.38 bits per heavy atom. The summed E-state index contributed by atoms with van der Waals surface area (Å²) in [6, 6.07) is 0. The normalized spacial score (nSPS) is 42.2. The molecule has 1 aliphatic carbocycles. The van der Waals surface area contributed by atoms with E-state index in [9.17, 15) is 0 Å². The Morgan fingerprint density at radius 2 is 1.69 bits per heavy atom. The number of hydrogen-bond acceptors (Lipinski definition) is 2. The van der Waals surface area contributed by atoms with Crippen LogP contribution in [0.5, 0.6) is 0 Å².